The number of aromatic nitrogens is 1. The molecule has 0 aliphatic carbocycles. The molecule has 88 valence electrons. The number of hydrogen-bond donors (Lipinski definition) is 1. The fourth-order valence-corrected chi connectivity index (χ4v) is 1.93. The lowest BCUT2D eigenvalue weighted by atomic mass is 10.0. The van der Waals surface area contributed by atoms with Crippen LogP contribution in [-0.4, -0.2) is 15.6 Å². The van der Waals surface area contributed by atoms with Crippen LogP contribution in [0.4, 0.5) is 0 Å². The van der Waals surface area contributed by atoms with E-state index in [1.54, 1.807) is 19.1 Å². The Kier molecular flexibility index (Phi) is 3.20. The number of halogens is 1. The molecule has 1 unspecified atom stereocenters. The van der Waals surface area contributed by atoms with Gasteiger partial charge in [0, 0.05) is 12.4 Å². The molecule has 0 spiro atoms. The van der Waals surface area contributed by atoms with Gasteiger partial charge in [-0.2, -0.15) is 0 Å². The van der Waals surface area contributed by atoms with Crippen molar-refractivity contribution < 1.29 is 9.90 Å². The van der Waals surface area contributed by atoms with Gasteiger partial charge in [0.1, 0.15) is 0 Å². The zero-order valence-corrected chi connectivity index (χ0v) is 10.1. The van der Waals surface area contributed by atoms with E-state index in [2.05, 4.69) is 0 Å². The van der Waals surface area contributed by atoms with Crippen molar-refractivity contribution in [1.82, 2.24) is 4.57 Å². The van der Waals surface area contributed by atoms with E-state index < -0.39 is 11.9 Å². The van der Waals surface area contributed by atoms with Gasteiger partial charge < -0.3 is 9.67 Å². The first-order valence-electron chi connectivity index (χ1n) is 5.25. The van der Waals surface area contributed by atoms with E-state index >= 15 is 0 Å². The molecule has 2 rings (SSSR count). The van der Waals surface area contributed by atoms with Gasteiger partial charge in [-0.05, 0) is 36.8 Å². The van der Waals surface area contributed by atoms with Crippen LogP contribution < -0.4 is 0 Å². The van der Waals surface area contributed by atoms with Gasteiger partial charge in [-0.15, -0.1) is 0 Å². The molecule has 0 saturated carbocycles. The largest absolute Gasteiger partial charge is 0.481 e. The molecule has 4 heteroatoms. The first-order chi connectivity index (χ1) is 8.09. The molecule has 0 saturated heterocycles. The van der Waals surface area contributed by atoms with Gasteiger partial charge >= 0.3 is 5.97 Å². The van der Waals surface area contributed by atoms with E-state index in [1.807, 2.05) is 35.2 Å². The molecular formula is C13H12ClNO2. The first kappa shape index (κ1) is 11.7. The quantitative estimate of drug-likeness (QED) is 0.907. The third-order valence-corrected chi connectivity index (χ3v) is 3.03. The van der Waals surface area contributed by atoms with E-state index in [0.717, 1.165) is 5.69 Å². The van der Waals surface area contributed by atoms with Crippen LogP contribution in [0.1, 0.15) is 18.4 Å². The average Bonchev–Trinajstić information content (AvgIpc) is 2.81. The summed E-state index contributed by atoms with van der Waals surface area (Å²) in [4.78, 5) is 10.9. The maximum absolute atomic E-state index is 10.9. The average molecular weight is 250 g/mol. The molecular weight excluding hydrogens is 238 g/mol. The van der Waals surface area contributed by atoms with Crippen molar-refractivity contribution >= 4 is 17.6 Å². The van der Waals surface area contributed by atoms with E-state index in [-0.39, 0.29) is 0 Å². The van der Waals surface area contributed by atoms with E-state index in [0.29, 0.717) is 10.6 Å². The van der Waals surface area contributed by atoms with Crippen molar-refractivity contribution in [3.05, 3.63) is 53.3 Å². The van der Waals surface area contributed by atoms with E-state index in [1.165, 1.54) is 0 Å². The summed E-state index contributed by atoms with van der Waals surface area (Å²) in [5.41, 5.74) is 1.55. The van der Waals surface area contributed by atoms with Crippen LogP contribution in [0, 0.1) is 0 Å². The highest BCUT2D eigenvalue weighted by Gasteiger charge is 2.15. The molecule has 0 aliphatic rings. The summed E-state index contributed by atoms with van der Waals surface area (Å²) < 4.78 is 1.89. The highest BCUT2D eigenvalue weighted by atomic mass is 35.5. The number of rotatable bonds is 3. The second-order valence-electron chi connectivity index (χ2n) is 3.86. The van der Waals surface area contributed by atoms with Crippen molar-refractivity contribution in [3.8, 4) is 5.69 Å². The number of carbonyl (C=O) groups is 1. The van der Waals surface area contributed by atoms with Crippen LogP contribution in [0.2, 0.25) is 5.02 Å². The van der Waals surface area contributed by atoms with Gasteiger partial charge in [0.05, 0.1) is 16.6 Å². The maximum Gasteiger partial charge on any atom is 0.310 e. The molecule has 0 fully saturated rings. The van der Waals surface area contributed by atoms with Gasteiger partial charge in [-0.1, -0.05) is 17.7 Å². The molecule has 1 N–H and O–H groups in total. The molecule has 0 aliphatic heterocycles. The minimum absolute atomic E-state index is 0.548. The van der Waals surface area contributed by atoms with Gasteiger partial charge in [0.2, 0.25) is 0 Å². The van der Waals surface area contributed by atoms with Crippen molar-refractivity contribution in [3.63, 3.8) is 0 Å². The lowest BCUT2D eigenvalue weighted by molar-refractivity contribution is -0.138. The van der Waals surface area contributed by atoms with Gasteiger partial charge in [-0.3, -0.25) is 4.79 Å². The molecule has 1 heterocycles. The molecule has 2 aromatic rings. The number of nitrogens with zero attached hydrogens (tertiary/aromatic N) is 1. The molecule has 1 atom stereocenters. The van der Waals surface area contributed by atoms with E-state index in [9.17, 15) is 4.79 Å². The number of aliphatic carboxylic acids is 1. The zero-order valence-electron chi connectivity index (χ0n) is 9.30. The zero-order chi connectivity index (χ0) is 12.4. The normalized spacial score (nSPS) is 12.4. The van der Waals surface area contributed by atoms with Gasteiger partial charge in [0.15, 0.2) is 0 Å². The Morgan fingerprint density at radius 3 is 2.53 bits per heavy atom. The summed E-state index contributed by atoms with van der Waals surface area (Å²) in [6.07, 6.45) is 3.78. The predicted molar refractivity (Wildman–Crippen MR) is 66.8 cm³/mol. The first-order valence-corrected chi connectivity index (χ1v) is 5.63. The summed E-state index contributed by atoms with van der Waals surface area (Å²) in [6.45, 7) is 1.64. The van der Waals surface area contributed by atoms with Crippen LogP contribution in [0.3, 0.4) is 0 Å². The number of hydrogen-bond acceptors (Lipinski definition) is 1. The maximum atomic E-state index is 10.9. The molecule has 0 bridgehead atoms. The summed E-state index contributed by atoms with van der Waals surface area (Å²) in [7, 11) is 0. The topological polar surface area (TPSA) is 42.2 Å². The summed E-state index contributed by atoms with van der Waals surface area (Å²) in [5.74, 6) is -1.40. The Bertz CT molecular complexity index is 534. The highest BCUT2D eigenvalue weighted by Crippen LogP contribution is 2.25. The molecule has 0 radical (unpaired) electrons. The van der Waals surface area contributed by atoms with Crippen LogP contribution in [-0.2, 0) is 4.79 Å². The third-order valence-electron chi connectivity index (χ3n) is 2.72. The monoisotopic (exact) mass is 249 g/mol. The molecule has 1 aromatic heterocycles. The summed E-state index contributed by atoms with van der Waals surface area (Å²) in [5, 5.41) is 9.48. The second-order valence-corrected chi connectivity index (χ2v) is 4.27. The molecule has 0 amide bonds. The van der Waals surface area contributed by atoms with Crippen molar-refractivity contribution in [2.75, 3.05) is 0 Å². The van der Waals surface area contributed by atoms with Crippen LogP contribution in [0.5, 0.6) is 0 Å². The number of carboxylic acid groups (broad SMARTS) is 1. The third kappa shape index (κ3) is 2.34. The number of benzene rings is 1. The van der Waals surface area contributed by atoms with Crippen molar-refractivity contribution in [2.24, 2.45) is 0 Å². The Morgan fingerprint density at radius 1 is 1.35 bits per heavy atom. The minimum atomic E-state index is -0.852. The Balaban J connectivity index is 2.39. The highest BCUT2D eigenvalue weighted by molar-refractivity contribution is 6.32. The van der Waals surface area contributed by atoms with Crippen LogP contribution in [0.15, 0.2) is 42.7 Å². The summed E-state index contributed by atoms with van der Waals surface area (Å²) >= 11 is 6.16. The Labute approximate surface area is 104 Å². The smallest absolute Gasteiger partial charge is 0.310 e. The minimum Gasteiger partial charge on any atom is -0.481 e. The van der Waals surface area contributed by atoms with E-state index in [4.69, 9.17) is 16.7 Å². The van der Waals surface area contributed by atoms with Crippen LogP contribution in [0.25, 0.3) is 5.69 Å². The van der Waals surface area contributed by atoms with Gasteiger partial charge in [-0.25, -0.2) is 0 Å². The molecule has 1 aromatic carbocycles. The lowest BCUT2D eigenvalue weighted by Gasteiger charge is -2.10. The van der Waals surface area contributed by atoms with Crippen molar-refractivity contribution in [2.45, 2.75) is 12.8 Å². The standard InChI is InChI=1S/C13H12ClNO2/c1-9(13(16)17)10-4-5-12(11(14)8-10)15-6-2-3-7-15/h2-9H,1H3,(H,16,17). The summed E-state index contributed by atoms with van der Waals surface area (Å²) in [6, 6.07) is 9.14. The fourth-order valence-electron chi connectivity index (χ4n) is 1.64. The van der Waals surface area contributed by atoms with Crippen LogP contribution >= 0.6 is 11.6 Å². The second kappa shape index (κ2) is 4.63. The Hall–Kier alpha value is -1.74. The number of carboxylic acids is 1. The lowest BCUT2D eigenvalue weighted by Crippen LogP contribution is -2.07. The van der Waals surface area contributed by atoms with Crippen molar-refractivity contribution in [1.29, 1.82) is 0 Å². The molecule has 3 nitrogen and oxygen atoms in total. The predicted octanol–water partition coefficient (Wildman–Crippen LogP) is 3.32. The SMILES string of the molecule is CC(C(=O)O)c1ccc(-n2cccc2)c(Cl)c1. The fraction of sp³-hybridized carbons (Fsp3) is 0.154. The molecule has 17 heavy (non-hydrogen) atoms. The van der Waals surface area contributed by atoms with Gasteiger partial charge in [0.25, 0.3) is 0 Å². The Morgan fingerprint density at radius 2 is 2.00 bits per heavy atom.